The molecule has 3 N–H and O–H groups in total. The van der Waals surface area contributed by atoms with Gasteiger partial charge in [0.15, 0.2) is 0 Å². The number of benzene rings is 3. The molecule has 0 aromatic heterocycles. The van der Waals surface area contributed by atoms with Crippen LogP contribution in [0, 0.1) is 0 Å². The Hall–Kier alpha value is -3.55. The monoisotopic (exact) mass is 511 g/mol. The Morgan fingerprint density at radius 1 is 1.09 bits per heavy atom. The van der Waals surface area contributed by atoms with Gasteiger partial charge in [-0.25, -0.2) is 4.79 Å². The number of nitrogens with one attached hydrogen (secondary N) is 1. The van der Waals surface area contributed by atoms with Crippen LogP contribution in [0.1, 0.15) is 31.8 Å². The first-order chi connectivity index (χ1) is 16.8. The van der Waals surface area contributed by atoms with Crippen LogP contribution < -0.4 is 16.0 Å². The number of amides is 2. The molecule has 1 heterocycles. The van der Waals surface area contributed by atoms with Crippen molar-refractivity contribution >= 4 is 52.4 Å². The molecule has 0 spiro atoms. The molecule has 3 aromatic rings. The number of carbonyl (C=O) groups excluding carboxylic acids is 3. The highest BCUT2D eigenvalue weighted by Crippen LogP contribution is 2.27. The molecule has 4 rings (SSSR count). The van der Waals surface area contributed by atoms with Gasteiger partial charge in [-0.05, 0) is 53.9 Å². The summed E-state index contributed by atoms with van der Waals surface area (Å²) in [5, 5.41) is 3.01. The van der Waals surface area contributed by atoms with Crippen LogP contribution in [-0.4, -0.2) is 37.5 Å². The molecular weight excluding hydrogens is 489 g/mol. The number of hydrogen-bond acceptors (Lipinski definition) is 5. The summed E-state index contributed by atoms with van der Waals surface area (Å²) in [7, 11) is 1.25. The van der Waals surface area contributed by atoms with E-state index in [4.69, 9.17) is 33.7 Å². The van der Waals surface area contributed by atoms with E-state index in [0.717, 1.165) is 23.2 Å². The smallest absolute Gasteiger partial charge is 0.328 e. The summed E-state index contributed by atoms with van der Waals surface area (Å²) in [5.41, 5.74) is 9.58. The van der Waals surface area contributed by atoms with Crippen LogP contribution in [-0.2, 0) is 22.4 Å². The average molecular weight is 512 g/mol. The number of nitrogens with two attached hydrogens (primary N) is 1. The summed E-state index contributed by atoms with van der Waals surface area (Å²) in [6.07, 6.45) is 0.901. The van der Waals surface area contributed by atoms with Crippen LogP contribution in [0.5, 0.6) is 0 Å². The van der Waals surface area contributed by atoms with E-state index in [-0.39, 0.29) is 27.9 Å². The molecule has 0 fully saturated rings. The predicted molar refractivity (Wildman–Crippen MR) is 136 cm³/mol. The molecule has 0 aliphatic carbocycles. The number of carbonyl (C=O) groups is 3. The molecule has 0 saturated carbocycles. The summed E-state index contributed by atoms with van der Waals surface area (Å²) in [6.45, 7) is 0.550. The Morgan fingerprint density at radius 2 is 1.77 bits per heavy atom. The van der Waals surface area contributed by atoms with Gasteiger partial charge >= 0.3 is 5.97 Å². The molecule has 1 aliphatic heterocycles. The van der Waals surface area contributed by atoms with Gasteiger partial charge in [0.25, 0.3) is 11.8 Å². The van der Waals surface area contributed by atoms with Gasteiger partial charge in [-0.3, -0.25) is 9.59 Å². The molecule has 9 heteroatoms. The Kier molecular flexibility index (Phi) is 7.28. The van der Waals surface area contributed by atoms with Crippen LogP contribution >= 0.6 is 23.2 Å². The third-order valence-corrected chi connectivity index (χ3v) is 6.51. The lowest BCUT2D eigenvalue weighted by Crippen LogP contribution is -2.43. The fourth-order valence-corrected chi connectivity index (χ4v) is 4.63. The van der Waals surface area contributed by atoms with E-state index in [1.807, 2.05) is 30.3 Å². The van der Waals surface area contributed by atoms with E-state index in [9.17, 15) is 14.4 Å². The highest BCUT2D eigenvalue weighted by atomic mass is 35.5. The number of methoxy groups -OCH3 is 1. The first-order valence-electron chi connectivity index (χ1n) is 10.9. The minimum absolute atomic E-state index is 0.0876. The lowest BCUT2D eigenvalue weighted by Gasteiger charge is -2.29. The van der Waals surface area contributed by atoms with Crippen LogP contribution in [0.15, 0.2) is 60.7 Å². The predicted octanol–water partition coefficient (Wildman–Crippen LogP) is 4.29. The molecule has 2 amide bonds. The maximum atomic E-state index is 13.0. The van der Waals surface area contributed by atoms with E-state index >= 15 is 0 Å². The number of fused-ring (bicyclic) bond motifs is 1. The summed E-state index contributed by atoms with van der Waals surface area (Å²) >= 11 is 12.2. The van der Waals surface area contributed by atoms with Gasteiger partial charge in [0.2, 0.25) is 0 Å². The van der Waals surface area contributed by atoms with E-state index < -0.39 is 17.9 Å². The quantitative estimate of drug-likeness (QED) is 0.379. The van der Waals surface area contributed by atoms with Crippen molar-refractivity contribution in [3.05, 3.63) is 93.0 Å². The van der Waals surface area contributed by atoms with Crippen molar-refractivity contribution in [1.82, 2.24) is 5.32 Å². The Bertz CT molecular complexity index is 1270. The molecule has 0 bridgehead atoms. The molecule has 180 valence electrons. The van der Waals surface area contributed by atoms with Crippen molar-refractivity contribution in [2.75, 3.05) is 24.3 Å². The highest BCUT2D eigenvalue weighted by Gasteiger charge is 2.27. The van der Waals surface area contributed by atoms with E-state index in [0.29, 0.717) is 17.8 Å². The zero-order valence-corrected chi connectivity index (χ0v) is 20.4. The van der Waals surface area contributed by atoms with Crippen molar-refractivity contribution in [2.24, 2.45) is 0 Å². The Labute approximate surface area is 212 Å². The van der Waals surface area contributed by atoms with Crippen molar-refractivity contribution in [3.63, 3.8) is 0 Å². The molecule has 35 heavy (non-hydrogen) atoms. The summed E-state index contributed by atoms with van der Waals surface area (Å²) in [6, 6.07) is 16.4. The lowest BCUT2D eigenvalue weighted by atomic mass is 9.97. The number of halogens is 2. The topological polar surface area (TPSA) is 102 Å². The molecule has 0 radical (unpaired) electrons. The average Bonchev–Trinajstić information content (AvgIpc) is 2.84. The van der Waals surface area contributed by atoms with E-state index in [1.165, 1.54) is 7.11 Å². The third-order valence-electron chi connectivity index (χ3n) is 5.88. The Morgan fingerprint density at radius 3 is 2.43 bits per heavy atom. The van der Waals surface area contributed by atoms with Gasteiger partial charge in [0.1, 0.15) is 6.04 Å². The fourth-order valence-electron chi connectivity index (χ4n) is 4.07. The van der Waals surface area contributed by atoms with E-state index in [2.05, 4.69) is 5.32 Å². The van der Waals surface area contributed by atoms with Crippen LogP contribution in [0.2, 0.25) is 10.0 Å². The van der Waals surface area contributed by atoms with Crippen LogP contribution in [0.3, 0.4) is 0 Å². The number of anilines is 2. The molecular formula is C26H23Cl2N3O4. The molecule has 0 unspecified atom stereocenters. The van der Waals surface area contributed by atoms with Crippen molar-refractivity contribution in [3.8, 4) is 0 Å². The first-order valence-corrected chi connectivity index (χ1v) is 11.7. The first kappa shape index (κ1) is 24.6. The lowest BCUT2D eigenvalue weighted by molar-refractivity contribution is -0.142. The van der Waals surface area contributed by atoms with Gasteiger partial charge in [-0.15, -0.1) is 0 Å². The van der Waals surface area contributed by atoms with Gasteiger partial charge in [-0.1, -0.05) is 47.5 Å². The fraction of sp³-hybridized carbons (Fsp3) is 0.192. The van der Waals surface area contributed by atoms with Crippen LogP contribution in [0.25, 0.3) is 0 Å². The second-order valence-electron chi connectivity index (χ2n) is 8.14. The van der Waals surface area contributed by atoms with E-state index in [1.54, 1.807) is 35.2 Å². The maximum Gasteiger partial charge on any atom is 0.328 e. The number of ether oxygens (including phenoxy) is 1. The number of nitrogen functional groups attached to an aromatic ring is 1. The standard InChI is InChI=1S/C26H23Cl2N3O4/c1-35-26(34)22(30-24(32)23-20(27)3-2-4-21(23)28)13-15-5-9-18(10-6-15)31-12-11-16-7-8-17(29)14-19(16)25(31)33/h2-10,14,22H,11-13,29H2,1H3,(H,30,32)/t22-/m0/s1. The summed E-state index contributed by atoms with van der Waals surface area (Å²) < 4.78 is 4.87. The zero-order valence-electron chi connectivity index (χ0n) is 18.9. The SMILES string of the molecule is COC(=O)[C@H](Cc1ccc(N2CCc3ccc(N)cc3C2=O)cc1)NC(=O)c1c(Cl)cccc1Cl. The molecule has 0 saturated heterocycles. The largest absolute Gasteiger partial charge is 0.467 e. The minimum atomic E-state index is -0.961. The molecule has 7 nitrogen and oxygen atoms in total. The molecule has 3 aromatic carbocycles. The summed E-state index contributed by atoms with van der Waals surface area (Å²) in [4.78, 5) is 39.9. The second-order valence-corrected chi connectivity index (χ2v) is 8.95. The molecule has 1 aliphatic rings. The van der Waals surface area contributed by atoms with Gasteiger partial charge in [-0.2, -0.15) is 0 Å². The van der Waals surface area contributed by atoms with Gasteiger partial charge in [0, 0.05) is 29.9 Å². The van der Waals surface area contributed by atoms with Crippen molar-refractivity contribution < 1.29 is 19.1 Å². The maximum absolute atomic E-state index is 13.0. The minimum Gasteiger partial charge on any atom is -0.467 e. The number of nitrogens with zero attached hydrogens (tertiary/aromatic N) is 1. The third kappa shape index (κ3) is 5.26. The number of hydrogen-bond donors (Lipinski definition) is 2. The van der Waals surface area contributed by atoms with Gasteiger partial charge < -0.3 is 20.7 Å². The van der Waals surface area contributed by atoms with Crippen molar-refractivity contribution in [2.45, 2.75) is 18.9 Å². The number of rotatable bonds is 6. The van der Waals surface area contributed by atoms with Crippen molar-refractivity contribution in [1.29, 1.82) is 0 Å². The van der Waals surface area contributed by atoms with Gasteiger partial charge in [0.05, 0.1) is 22.7 Å². The second kappa shape index (κ2) is 10.4. The Balaban J connectivity index is 1.50. The highest BCUT2D eigenvalue weighted by molar-refractivity contribution is 6.39. The normalized spacial score (nSPS) is 13.7. The molecule has 1 atom stereocenters. The zero-order chi connectivity index (χ0) is 25.1. The summed E-state index contributed by atoms with van der Waals surface area (Å²) in [5.74, 6) is -1.29. The van der Waals surface area contributed by atoms with Crippen LogP contribution in [0.4, 0.5) is 11.4 Å². The number of esters is 1.